The van der Waals surface area contributed by atoms with E-state index in [9.17, 15) is 14.9 Å². The first-order chi connectivity index (χ1) is 16.6. The molecule has 2 aromatic carbocycles. The third-order valence-corrected chi connectivity index (χ3v) is 6.18. The first kappa shape index (κ1) is 24.4. The molecule has 2 aliphatic heterocycles. The van der Waals surface area contributed by atoms with Crippen LogP contribution < -0.4 is 5.32 Å². The molecule has 1 fully saturated rings. The van der Waals surface area contributed by atoms with Crippen molar-refractivity contribution in [2.45, 2.75) is 52.2 Å². The highest BCUT2D eigenvalue weighted by Gasteiger charge is 2.32. The van der Waals surface area contributed by atoms with Crippen molar-refractivity contribution in [3.05, 3.63) is 76.4 Å². The monoisotopic (exact) mass is 470 g/mol. The van der Waals surface area contributed by atoms with Crippen molar-refractivity contribution in [2.75, 3.05) is 13.1 Å². The lowest BCUT2D eigenvalue weighted by atomic mass is 9.87. The lowest BCUT2D eigenvalue weighted by Crippen LogP contribution is -2.48. The number of fused-ring (bicyclic) bond motifs is 1. The van der Waals surface area contributed by atoms with Crippen LogP contribution in [0.3, 0.4) is 0 Å². The quantitative estimate of drug-likeness (QED) is 0.529. The Hall–Kier alpha value is -3.76. The molecule has 1 N–H and O–H groups in total. The van der Waals surface area contributed by atoms with Crippen LogP contribution in [0.1, 0.15) is 61.7 Å². The fraction of sp³-hybridized carbons (Fsp3) is 0.357. The third-order valence-electron chi connectivity index (χ3n) is 6.18. The summed E-state index contributed by atoms with van der Waals surface area (Å²) in [6.07, 6.45) is -0.238. The van der Waals surface area contributed by atoms with Crippen LogP contribution in [-0.4, -0.2) is 47.8 Å². The number of carbonyl (C=O) groups is 2. The number of hydrogen-bond donors (Lipinski definition) is 1. The Morgan fingerprint density at radius 2 is 1.63 bits per heavy atom. The molecule has 7 nitrogen and oxygen atoms in total. The average Bonchev–Trinajstić information content (AvgIpc) is 3.16. The van der Waals surface area contributed by atoms with Crippen molar-refractivity contribution in [1.82, 2.24) is 10.2 Å². The Morgan fingerprint density at radius 3 is 2.20 bits per heavy atom. The maximum Gasteiger partial charge on any atom is 0.266 e. The molecule has 2 aromatic rings. The van der Waals surface area contributed by atoms with Gasteiger partial charge < -0.3 is 15.0 Å². The van der Waals surface area contributed by atoms with E-state index >= 15 is 0 Å². The third kappa shape index (κ3) is 5.03. The first-order valence-corrected chi connectivity index (χ1v) is 11.8. The summed E-state index contributed by atoms with van der Waals surface area (Å²) in [4.78, 5) is 32.5. The molecule has 0 saturated carbocycles. The van der Waals surface area contributed by atoms with Gasteiger partial charge >= 0.3 is 0 Å². The van der Waals surface area contributed by atoms with Crippen LogP contribution in [0, 0.1) is 11.3 Å². The molecule has 0 spiro atoms. The molecule has 2 aliphatic rings. The molecule has 180 valence electrons. The van der Waals surface area contributed by atoms with Crippen molar-refractivity contribution in [3.63, 3.8) is 0 Å². The number of benzene rings is 2. The van der Waals surface area contributed by atoms with E-state index in [1.165, 1.54) is 0 Å². The van der Waals surface area contributed by atoms with Crippen LogP contribution in [0.2, 0.25) is 0 Å². The highest BCUT2D eigenvalue weighted by Crippen LogP contribution is 2.32. The van der Waals surface area contributed by atoms with Gasteiger partial charge in [-0.15, -0.1) is 0 Å². The molecule has 0 unspecified atom stereocenters. The normalized spacial score (nSPS) is 21.0. The number of carbonyl (C=O) groups excluding carboxylic acids is 2. The molecule has 7 heteroatoms. The van der Waals surface area contributed by atoms with Gasteiger partial charge in [-0.05, 0) is 37.0 Å². The van der Waals surface area contributed by atoms with Gasteiger partial charge in [0.05, 0.1) is 17.9 Å². The maximum absolute atomic E-state index is 13.3. The summed E-state index contributed by atoms with van der Waals surface area (Å²) in [7, 11) is 0. The van der Waals surface area contributed by atoms with Crippen LogP contribution in [0.5, 0.6) is 0 Å². The van der Waals surface area contributed by atoms with Crippen molar-refractivity contribution >= 4 is 23.3 Å². The van der Waals surface area contributed by atoms with Crippen molar-refractivity contribution in [1.29, 1.82) is 5.26 Å². The zero-order chi connectivity index (χ0) is 25.3. The van der Waals surface area contributed by atoms with Gasteiger partial charge in [-0.2, -0.15) is 5.26 Å². The lowest BCUT2D eigenvalue weighted by molar-refractivity contribution is -0.138. The number of morpholine rings is 1. The van der Waals surface area contributed by atoms with Gasteiger partial charge in [-0.1, -0.05) is 57.2 Å². The average molecular weight is 471 g/mol. The van der Waals surface area contributed by atoms with E-state index < -0.39 is 0 Å². The molecule has 0 bridgehead atoms. The Labute approximate surface area is 206 Å². The number of hydrogen-bond acceptors (Lipinski definition) is 5. The minimum Gasteiger partial charge on any atom is -0.372 e. The van der Waals surface area contributed by atoms with Gasteiger partial charge in [0.1, 0.15) is 17.5 Å². The molecule has 0 aliphatic carbocycles. The molecule has 2 heterocycles. The van der Waals surface area contributed by atoms with Crippen molar-refractivity contribution in [2.24, 2.45) is 4.99 Å². The summed E-state index contributed by atoms with van der Waals surface area (Å²) < 4.78 is 5.72. The van der Waals surface area contributed by atoms with Gasteiger partial charge in [0.25, 0.3) is 11.8 Å². The summed E-state index contributed by atoms with van der Waals surface area (Å²) >= 11 is 0. The number of aliphatic imine (C=N–C) groups is 1. The number of rotatable bonds is 2. The summed E-state index contributed by atoms with van der Waals surface area (Å²) in [5.41, 5.74) is 3.17. The fourth-order valence-electron chi connectivity index (χ4n) is 4.42. The number of ether oxygens (including phenoxy) is 1. The summed E-state index contributed by atoms with van der Waals surface area (Å²) in [5, 5.41) is 12.8. The number of nitriles is 1. The molecule has 35 heavy (non-hydrogen) atoms. The van der Waals surface area contributed by atoms with E-state index in [-0.39, 0.29) is 40.7 Å². The molecule has 2 amide bonds. The highest BCUT2D eigenvalue weighted by atomic mass is 16.5. The Bertz CT molecular complexity index is 1250. The zero-order valence-corrected chi connectivity index (χ0v) is 20.8. The summed E-state index contributed by atoms with van der Waals surface area (Å²) in [5.74, 6) is -0.362. The summed E-state index contributed by atoms with van der Waals surface area (Å²) in [6, 6.07) is 16.8. The largest absolute Gasteiger partial charge is 0.372 e. The Balaban J connectivity index is 1.66. The second-order valence-corrected chi connectivity index (χ2v) is 10.1. The molecule has 1 saturated heterocycles. The SMILES string of the molecule is C[C@@H]1CN(C(=O)/C(C#N)=C2\N=C(NC(=O)c3ccc(C(C)(C)C)cc3)c3ccccc32)C[C@H](C)O1. The van der Waals surface area contributed by atoms with Crippen LogP contribution in [0.15, 0.2) is 59.1 Å². The van der Waals surface area contributed by atoms with E-state index in [0.717, 1.165) is 5.56 Å². The molecule has 0 aromatic heterocycles. The number of nitrogens with one attached hydrogen (secondary N) is 1. The molecule has 2 atom stereocenters. The predicted molar refractivity (Wildman–Crippen MR) is 135 cm³/mol. The van der Waals surface area contributed by atoms with Crippen LogP contribution >= 0.6 is 0 Å². The minimum absolute atomic E-state index is 0.0144. The van der Waals surface area contributed by atoms with Crippen LogP contribution in [-0.2, 0) is 14.9 Å². The van der Waals surface area contributed by atoms with E-state index in [1.807, 2.05) is 44.2 Å². The second-order valence-electron chi connectivity index (χ2n) is 10.1. The molecular weight excluding hydrogens is 440 g/mol. The van der Waals surface area contributed by atoms with Gasteiger partial charge in [-0.25, -0.2) is 4.99 Å². The van der Waals surface area contributed by atoms with E-state index in [1.54, 1.807) is 23.1 Å². The van der Waals surface area contributed by atoms with E-state index in [0.29, 0.717) is 35.6 Å². The zero-order valence-electron chi connectivity index (χ0n) is 20.8. The Kier molecular flexibility index (Phi) is 6.60. The molecule has 0 radical (unpaired) electrons. The predicted octanol–water partition coefficient (Wildman–Crippen LogP) is 4.04. The standard InChI is InChI=1S/C28H30N4O3/c1-17-15-32(16-18(2)35-17)27(34)23(14-29)24-21-8-6-7-9-22(21)25(30-24)31-26(33)19-10-12-20(13-11-19)28(3,4)5/h6-13,17-18H,15-16H2,1-5H3,(H,30,31,33)/b24-23-/t17-,18+. The van der Waals surface area contributed by atoms with Crippen molar-refractivity contribution in [3.8, 4) is 6.07 Å². The van der Waals surface area contributed by atoms with Crippen LogP contribution in [0.25, 0.3) is 5.70 Å². The summed E-state index contributed by atoms with van der Waals surface area (Å²) in [6.45, 7) is 11.0. The smallest absolute Gasteiger partial charge is 0.266 e. The lowest BCUT2D eigenvalue weighted by Gasteiger charge is -2.35. The van der Waals surface area contributed by atoms with Gasteiger partial charge in [0.15, 0.2) is 0 Å². The molecule has 4 rings (SSSR count). The van der Waals surface area contributed by atoms with Crippen LogP contribution in [0.4, 0.5) is 0 Å². The number of nitrogens with zero attached hydrogens (tertiary/aromatic N) is 3. The van der Waals surface area contributed by atoms with E-state index in [4.69, 9.17) is 4.74 Å². The molecular formula is C28H30N4O3. The number of amidine groups is 1. The van der Waals surface area contributed by atoms with Gasteiger partial charge in [-0.3, -0.25) is 9.59 Å². The maximum atomic E-state index is 13.3. The van der Waals surface area contributed by atoms with Gasteiger partial charge in [0.2, 0.25) is 0 Å². The van der Waals surface area contributed by atoms with Gasteiger partial charge in [0, 0.05) is 29.8 Å². The minimum atomic E-state index is -0.381. The highest BCUT2D eigenvalue weighted by molar-refractivity contribution is 6.20. The second kappa shape index (κ2) is 9.47. The first-order valence-electron chi connectivity index (χ1n) is 11.8. The fourth-order valence-corrected chi connectivity index (χ4v) is 4.42. The Morgan fingerprint density at radius 1 is 1.03 bits per heavy atom. The number of amides is 2. The van der Waals surface area contributed by atoms with E-state index in [2.05, 4.69) is 37.1 Å². The topological polar surface area (TPSA) is 94.8 Å². The van der Waals surface area contributed by atoms with Crippen molar-refractivity contribution < 1.29 is 14.3 Å².